The summed E-state index contributed by atoms with van der Waals surface area (Å²) in [7, 11) is 0. The summed E-state index contributed by atoms with van der Waals surface area (Å²) in [4.78, 5) is 2.63. The molecule has 2 rings (SSSR count). The van der Waals surface area contributed by atoms with Crippen molar-refractivity contribution in [3.05, 3.63) is 0 Å². The van der Waals surface area contributed by atoms with Gasteiger partial charge in [0.15, 0.2) is 0 Å². The van der Waals surface area contributed by atoms with Gasteiger partial charge in [-0.1, -0.05) is 13.8 Å². The molecule has 2 aliphatic heterocycles. The summed E-state index contributed by atoms with van der Waals surface area (Å²) in [6.45, 7) is 10.5. The second kappa shape index (κ2) is 4.97. The Labute approximate surface area is 82.3 Å². The highest BCUT2D eigenvalue weighted by molar-refractivity contribution is 4.92. The molecule has 78 valence electrons. The predicted octanol–water partition coefficient (Wildman–Crippen LogP) is 2.28. The zero-order chi connectivity index (χ0) is 9.84. The molecule has 0 aliphatic carbocycles. The molecule has 0 radical (unpaired) electrons. The molecule has 0 saturated carbocycles. The first-order valence-corrected chi connectivity index (χ1v) is 5.64. The Morgan fingerprint density at radius 3 is 1.85 bits per heavy atom. The van der Waals surface area contributed by atoms with Gasteiger partial charge in [-0.25, -0.2) is 0 Å². The molecule has 2 bridgehead atoms. The van der Waals surface area contributed by atoms with Gasteiger partial charge in [0, 0.05) is 18.1 Å². The molecule has 2 fully saturated rings. The lowest BCUT2D eigenvalue weighted by Gasteiger charge is -2.37. The fourth-order valence-electron chi connectivity index (χ4n) is 2.50. The first-order chi connectivity index (χ1) is 6.29. The fraction of sp³-hybridized carbons (Fsp3) is 1.00. The Balaban J connectivity index is 0.000000396. The molecule has 2 aliphatic rings. The molecular weight excluding hydrogens is 162 g/mol. The summed E-state index contributed by atoms with van der Waals surface area (Å²) in [6, 6.07) is 2.17. The van der Waals surface area contributed by atoms with Gasteiger partial charge in [0.1, 0.15) is 0 Å². The first kappa shape index (κ1) is 11.0. The van der Waals surface area contributed by atoms with Crippen molar-refractivity contribution in [3.63, 3.8) is 0 Å². The van der Waals surface area contributed by atoms with Crippen LogP contribution < -0.4 is 0 Å². The fourth-order valence-corrected chi connectivity index (χ4v) is 2.50. The standard InChI is InChI=1S/C9H17NO.C2H6/c1-7(2)10-8-3-4-9(10)6-11-5-8;1-2/h7-9H,3-6H2,1-2H3;1-2H3. The Morgan fingerprint density at radius 2 is 1.54 bits per heavy atom. The monoisotopic (exact) mass is 185 g/mol. The lowest BCUT2D eigenvalue weighted by Crippen LogP contribution is -2.49. The van der Waals surface area contributed by atoms with Gasteiger partial charge >= 0.3 is 0 Å². The van der Waals surface area contributed by atoms with Gasteiger partial charge < -0.3 is 4.74 Å². The third kappa shape index (κ3) is 2.23. The van der Waals surface area contributed by atoms with Crippen molar-refractivity contribution in [2.45, 2.75) is 58.7 Å². The summed E-state index contributed by atoms with van der Waals surface area (Å²) in [6.07, 6.45) is 2.70. The van der Waals surface area contributed by atoms with Crippen LogP contribution >= 0.6 is 0 Å². The van der Waals surface area contributed by atoms with E-state index in [9.17, 15) is 0 Å². The summed E-state index contributed by atoms with van der Waals surface area (Å²) in [5, 5.41) is 0. The Morgan fingerprint density at radius 1 is 1.08 bits per heavy atom. The van der Waals surface area contributed by atoms with Gasteiger partial charge in [-0.05, 0) is 26.7 Å². The third-order valence-electron chi connectivity index (χ3n) is 2.89. The number of nitrogens with zero attached hydrogens (tertiary/aromatic N) is 1. The van der Waals surface area contributed by atoms with Crippen LogP contribution in [0.3, 0.4) is 0 Å². The van der Waals surface area contributed by atoms with Crippen molar-refractivity contribution in [2.75, 3.05) is 13.2 Å². The minimum Gasteiger partial charge on any atom is -0.378 e. The average Bonchev–Trinajstić information content (AvgIpc) is 2.41. The van der Waals surface area contributed by atoms with Crippen molar-refractivity contribution in [2.24, 2.45) is 0 Å². The van der Waals surface area contributed by atoms with Gasteiger partial charge in [0.25, 0.3) is 0 Å². The van der Waals surface area contributed by atoms with Crippen LogP contribution in [-0.4, -0.2) is 36.2 Å². The van der Waals surface area contributed by atoms with E-state index in [4.69, 9.17) is 4.74 Å². The van der Waals surface area contributed by atoms with Crippen LogP contribution in [0.15, 0.2) is 0 Å². The van der Waals surface area contributed by atoms with Crippen LogP contribution in [-0.2, 0) is 4.74 Å². The summed E-state index contributed by atoms with van der Waals surface area (Å²) >= 11 is 0. The number of rotatable bonds is 1. The van der Waals surface area contributed by atoms with Gasteiger partial charge in [-0.3, -0.25) is 4.90 Å². The zero-order valence-electron chi connectivity index (χ0n) is 9.42. The van der Waals surface area contributed by atoms with E-state index >= 15 is 0 Å². The molecule has 0 N–H and O–H groups in total. The molecular formula is C11H23NO. The molecule has 2 unspecified atom stereocenters. The molecule has 0 spiro atoms. The Bertz CT molecular complexity index is 131. The maximum absolute atomic E-state index is 5.50. The van der Waals surface area contributed by atoms with E-state index in [2.05, 4.69) is 18.7 Å². The lowest BCUT2D eigenvalue weighted by atomic mass is 10.2. The van der Waals surface area contributed by atoms with E-state index < -0.39 is 0 Å². The number of morpholine rings is 1. The SMILES string of the molecule is CC.CC(C)N1C2CCC1COC2. The molecule has 0 aromatic rings. The van der Waals surface area contributed by atoms with E-state index in [0.717, 1.165) is 25.3 Å². The maximum Gasteiger partial charge on any atom is 0.0622 e. The molecule has 0 aromatic heterocycles. The van der Waals surface area contributed by atoms with Crippen LogP contribution in [0.25, 0.3) is 0 Å². The van der Waals surface area contributed by atoms with Crippen LogP contribution in [0.1, 0.15) is 40.5 Å². The van der Waals surface area contributed by atoms with Crippen LogP contribution in [0, 0.1) is 0 Å². The highest BCUT2D eigenvalue weighted by Crippen LogP contribution is 2.30. The Kier molecular flexibility index (Phi) is 4.20. The van der Waals surface area contributed by atoms with E-state index in [1.807, 2.05) is 13.8 Å². The first-order valence-electron chi connectivity index (χ1n) is 5.64. The lowest BCUT2D eigenvalue weighted by molar-refractivity contribution is -0.0293. The highest BCUT2D eigenvalue weighted by atomic mass is 16.5. The van der Waals surface area contributed by atoms with Crippen LogP contribution in [0.2, 0.25) is 0 Å². The molecule has 0 aromatic carbocycles. The maximum atomic E-state index is 5.50. The largest absolute Gasteiger partial charge is 0.378 e. The van der Waals surface area contributed by atoms with Crippen molar-refractivity contribution in [3.8, 4) is 0 Å². The van der Waals surface area contributed by atoms with Crippen LogP contribution in [0.5, 0.6) is 0 Å². The quantitative estimate of drug-likeness (QED) is 0.621. The Hall–Kier alpha value is -0.0800. The van der Waals surface area contributed by atoms with Gasteiger partial charge in [-0.2, -0.15) is 0 Å². The average molecular weight is 185 g/mol. The van der Waals surface area contributed by atoms with Crippen molar-refractivity contribution >= 4 is 0 Å². The van der Waals surface area contributed by atoms with Crippen molar-refractivity contribution in [1.82, 2.24) is 4.90 Å². The minimum atomic E-state index is 0.705. The summed E-state index contributed by atoms with van der Waals surface area (Å²) in [5.41, 5.74) is 0. The highest BCUT2D eigenvalue weighted by Gasteiger charge is 2.38. The molecule has 0 amide bonds. The summed E-state index contributed by atoms with van der Waals surface area (Å²) in [5.74, 6) is 0. The van der Waals surface area contributed by atoms with E-state index in [-0.39, 0.29) is 0 Å². The number of ether oxygens (including phenoxy) is 1. The molecule has 2 atom stereocenters. The summed E-state index contributed by atoms with van der Waals surface area (Å²) < 4.78 is 5.50. The van der Waals surface area contributed by atoms with Crippen molar-refractivity contribution < 1.29 is 4.74 Å². The molecule has 2 heteroatoms. The van der Waals surface area contributed by atoms with Crippen molar-refractivity contribution in [1.29, 1.82) is 0 Å². The number of hydrogen-bond donors (Lipinski definition) is 0. The predicted molar refractivity (Wildman–Crippen MR) is 56.0 cm³/mol. The van der Waals surface area contributed by atoms with E-state index in [0.29, 0.717) is 6.04 Å². The minimum absolute atomic E-state index is 0.705. The molecule has 2 nitrogen and oxygen atoms in total. The topological polar surface area (TPSA) is 12.5 Å². The number of fused-ring (bicyclic) bond motifs is 2. The van der Waals surface area contributed by atoms with E-state index in [1.165, 1.54) is 12.8 Å². The second-order valence-electron chi connectivity index (χ2n) is 3.96. The van der Waals surface area contributed by atoms with E-state index in [1.54, 1.807) is 0 Å². The number of hydrogen-bond acceptors (Lipinski definition) is 2. The van der Waals surface area contributed by atoms with Gasteiger partial charge in [0.2, 0.25) is 0 Å². The molecule has 2 heterocycles. The van der Waals surface area contributed by atoms with Gasteiger partial charge in [0.05, 0.1) is 13.2 Å². The molecule has 13 heavy (non-hydrogen) atoms. The van der Waals surface area contributed by atoms with Crippen LogP contribution in [0.4, 0.5) is 0 Å². The molecule has 2 saturated heterocycles. The third-order valence-corrected chi connectivity index (χ3v) is 2.89. The van der Waals surface area contributed by atoms with Gasteiger partial charge in [-0.15, -0.1) is 0 Å². The zero-order valence-corrected chi connectivity index (χ0v) is 9.42. The second-order valence-corrected chi connectivity index (χ2v) is 3.96. The smallest absolute Gasteiger partial charge is 0.0622 e. The normalized spacial score (nSPS) is 33.0.